The monoisotopic (exact) mass is 278 g/mol. The van der Waals surface area contributed by atoms with E-state index in [1.165, 1.54) is 0 Å². The van der Waals surface area contributed by atoms with Crippen LogP contribution in [0.3, 0.4) is 0 Å². The lowest BCUT2D eigenvalue weighted by molar-refractivity contribution is 0.155. The van der Waals surface area contributed by atoms with E-state index in [0.717, 1.165) is 10.2 Å². The molecule has 0 aliphatic rings. The lowest BCUT2D eigenvalue weighted by Crippen LogP contribution is -2.07. The van der Waals surface area contributed by atoms with E-state index < -0.39 is 0 Å². The molecule has 14 heavy (non-hydrogen) atoms. The molecule has 0 radical (unpaired) electrons. The second-order valence-electron chi connectivity index (χ2n) is 3.06. The van der Waals surface area contributed by atoms with Gasteiger partial charge in [0.2, 0.25) is 0 Å². The van der Waals surface area contributed by atoms with Crippen LogP contribution in [0.25, 0.3) is 0 Å². The predicted molar refractivity (Wildman–Crippen MR) is 60.9 cm³/mol. The molecule has 1 aromatic carbocycles. The molecule has 0 aromatic heterocycles. The van der Waals surface area contributed by atoms with Crippen LogP contribution < -0.4 is 4.74 Å². The van der Waals surface area contributed by atoms with Crippen molar-refractivity contribution in [1.29, 1.82) is 0 Å². The van der Waals surface area contributed by atoms with Gasteiger partial charge in [0.05, 0.1) is 17.2 Å². The first-order valence-corrected chi connectivity index (χ1v) is 5.52. The molecular weight excluding hydrogens is 267 g/mol. The molecule has 0 saturated carbocycles. The van der Waals surface area contributed by atoms with Gasteiger partial charge in [0.25, 0.3) is 0 Å². The maximum Gasteiger partial charge on any atom is 0.133 e. The maximum absolute atomic E-state index is 9.03. The maximum atomic E-state index is 9.03. The Morgan fingerprint density at radius 2 is 2.29 bits per heavy atom. The van der Waals surface area contributed by atoms with Gasteiger partial charge < -0.3 is 9.84 Å². The lowest BCUT2D eigenvalue weighted by Gasteiger charge is -2.09. The molecule has 1 atom stereocenters. The predicted octanol–water partition coefficient (Wildman–Crippen LogP) is 3.25. The topological polar surface area (TPSA) is 29.5 Å². The number of hydrogen-bond donors (Lipinski definition) is 1. The van der Waals surface area contributed by atoms with Gasteiger partial charge in [-0.2, -0.15) is 0 Å². The zero-order valence-electron chi connectivity index (χ0n) is 7.84. The highest BCUT2D eigenvalue weighted by atomic mass is 79.9. The molecule has 0 amide bonds. The van der Waals surface area contributed by atoms with Gasteiger partial charge in [-0.3, -0.25) is 0 Å². The SMILES string of the molecule is CC(O)CCOc1ccc(Cl)cc1Br. The fourth-order valence-corrected chi connectivity index (χ4v) is 1.73. The van der Waals surface area contributed by atoms with Crippen LogP contribution in [0.1, 0.15) is 13.3 Å². The number of hydrogen-bond acceptors (Lipinski definition) is 2. The van der Waals surface area contributed by atoms with E-state index >= 15 is 0 Å². The molecule has 2 nitrogen and oxygen atoms in total. The Hall–Kier alpha value is -0.250. The van der Waals surface area contributed by atoms with Crippen molar-refractivity contribution in [3.05, 3.63) is 27.7 Å². The molecule has 0 spiro atoms. The summed E-state index contributed by atoms with van der Waals surface area (Å²) in [6.07, 6.45) is 0.288. The summed E-state index contributed by atoms with van der Waals surface area (Å²) in [4.78, 5) is 0. The van der Waals surface area contributed by atoms with Gasteiger partial charge in [-0.05, 0) is 41.1 Å². The highest BCUT2D eigenvalue weighted by Gasteiger charge is 2.02. The number of aliphatic hydroxyl groups is 1. The van der Waals surface area contributed by atoms with E-state index in [2.05, 4.69) is 15.9 Å². The van der Waals surface area contributed by atoms with Gasteiger partial charge in [-0.25, -0.2) is 0 Å². The first-order valence-electron chi connectivity index (χ1n) is 4.35. The third-order valence-corrected chi connectivity index (χ3v) is 2.54. The number of ether oxygens (including phenoxy) is 1. The highest BCUT2D eigenvalue weighted by Crippen LogP contribution is 2.27. The van der Waals surface area contributed by atoms with Crippen LogP contribution in [0.4, 0.5) is 0 Å². The summed E-state index contributed by atoms with van der Waals surface area (Å²) >= 11 is 9.12. The average Bonchev–Trinajstić information content (AvgIpc) is 2.08. The molecule has 78 valence electrons. The van der Waals surface area contributed by atoms with Gasteiger partial charge in [-0.1, -0.05) is 11.6 Å². The zero-order chi connectivity index (χ0) is 10.6. The van der Waals surface area contributed by atoms with E-state index in [1.54, 1.807) is 25.1 Å². The highest BCUT2D eigenvalue weighted by molar-refractivity contribution is 9.10. The van der Waals surface area contributed by atoms with Crippen LogP contribution in [0.15, 0.2) is 22.7 Å². The van der Waals surface area contributed by atoms with Crippen molar-refractivity contribution in [2.75, 3.05) is 6.61 Å². The molecule has 1 rings (SSSR count). The summed E-state index contributed by atoms with van der Waals surface area (Å²) in [5.41, 5.74) is 0. The van der Waals surface area contributed by atoms with Crippen LogP contribution in [0.2, 0.25) is 5.02 Å². The second-order valence-corrected chi connectivity index (χ2v) is 4.35. The summed E-state index contributed by atoms with van der Waals surface area (Å²) in [5, 5.41) is 9.70. The van der Waals surface area contributed by atoms with Crippen molar-refractivity contribution >= 4 is 27.5 Å². The van der Waals surface area contributed by atoms with E-state index in [0.29, 0.717) is 18.1 Å². The average molecular weight is 280 g/mol. The van der Waals surface area contributed by atoms with E-state index in [4.69, 9.17) is 21.4 Å². The van der Waals surface area contributed by atoms with Crippen LogP contribution in [0, 0.1) is 0 Å². The van der Waals surface area contributed by atoms with Gasteiger partial charge in [-0.15, -0.1) is 0 Å². The fraction of sp³-hybridized carbons (Fsp3) is 0.400. The van der Waals surface area contributed by atoms with E-state index in [9.17, 15) is 0 Å². The second kappa shape index (κ2) is 5.59. The smallest absolute Gasteiger partial charge is 0.133 e. The molecule has 0 bridgehead atoms. The third-order valence-electron chi connectivity index (χ3n) is 1.69. The molecule has 0 saturated heterocycles. The largest absolute Gasteiger partial charge is 0.492 e. The lowest BCUT2D eigenvalue weighted by atomic mass is 10.3. The molecule has 0 fully saturated rings. The number of rotatable bonds is 4. The summed E-state index contributed by atoms with van der Waals surface area (Å²) < 4.78 is 6.27. The molecule has 1 aromatic rings. The van der Waals surface area contributed by atoms with Crippen molar-refractivity contribution in [1.82, 2.24) is 0 Å². The van der Waals surface area contributed by atoms with Crippen LogP contribution in [-0.2, 0) is 0 Å². The minimum atomic E-state index is -0.332. The Bertz CT molecular complexity index is 302. The Labute approximate surface area is 97.0 Å². The molecular formula is C10H12BrClO2. The fourth-order valence-electron chi connectivity index (χ4n) is 0.932. The van der Waals surface area contributed by atoms with Crippen LogP contribution >= 0.6 is 27.5 Å². The van der Waals surface area contributed by atoms with Crippen molar-refractivity contribution < 1.29 is 9.84 Å². The first kappa shape index (κ1) is 11.8. The first-order chi connectivity index (χ1) is 6.59. The van der Waals surface area contributed by atoms with E-state index in [1.807, 2.05) is 0 Å². The zero-order valence-corrected chi connectivity index (χ0v) is 10.2. The van der Waals surface area contributed by atoms with Crippen molar-refractivity contribution in [3.8, 4) is 5.75 Å². The summed E-state index contributed by atoms with van der Waals surface area (Å²) in [6, 6.07) is 5.34. The van der Waals surface area contributed by atoms with Crippen LogP contribution in [0.5, 0.6) is 5.75 Å². The summed E-state index contributed by atoms with van der Waals surface area (Å²) in [6.45, 7) is 2.23. The quantitative estimate of drug-likeness (QED) is 0.917. The molecule has 1 unspecified atom stereocenters. The Morgan fingerprint density at radius 1 is 1.57 bits per heavy atom. The van der Waals surface area contributed by atoms with E-state index in [-0.39, 0.29) is 6.10 Å². The van der Waals surface area contributed by atoms with Gasteiger partial charge >= 0.3 is 0 Å². The third kappa shape index (κ3) is 3.86. The van der Waals surface area contributed by atoms with Gasteiger partial charge in [0, 0.05) is 11.4 Å². The van der Waals surface area contributed by atoms with Crippen molar-refractivity contribution in [2.24, 2.45) is 0 Å². The van der Waals surface area contributed by atoms with Crippen molar-refractivity contribution in [3.63, 3.8) is 0 Å². The number of benzene rings is 1. The molecule has 0 aliphatic carbocycles. The minimum absolute atomic E-state index is 0.332. The normalized spacial score (nSPS) is 12.6. The Kier molecular flexibility index (Phi) is 4.72. The summed E-state index contributed by atoms with van der Waals surface area (Å²) in [7, 11) is 0. The minimum Gasteiger partial charge on any atom is -0.492 e. The standard InChI is InChI=1S/C10H12BrClO2/c1-7(13)4-5-14-10-3-2-8(12)6-9(10)11/h2-3,6-7,13H,4-5H2,1H3. The van der Waals surface area contributed by atoms with Gasteiger partial charge in [0.1, 0.15) is 5.75 Å². The van der Waals surface area contributed by atoms with Gasteiger partial charge in [0.15, 0.2) is 0 Å². The number of aliphatic hydroxyl groups excluding tert-OH is 1. The summed E-state index contributed by atoms with van der Waals surface area (Å²) in [5.74, 6) is 0.745. The van der Waals surface area contributed by atoms with Crippen LogP contribution in [-0.4, -0.2) is 17.8 Å². The molecule has 0 aliphatic heterocycles. The molecule has 0 heterocycles. The number of halogens is 2. The van der Waals surface area contributed by atoms with Crippen molar-refractivity contribution in [2.45, 2.75) is 19.4 Å². The molecule has 1 N–H and O–H groups in total. The molecule has 4 heteroatoms. The Morgan fingerprint density at radius 3 is 2.86 bits per heavy atom. The Balaban J connectivity index is 2.51.